The van der Waals surface area contributed by atoms with Gasteiger partial charge in [0.15, 0.2) is 0 Å². The van der Waals surface area contributed by atoms with Crippen LogP contribution in [0.25, 0.3) is 0 Å². The van der Waals surface area contributed by atoms with Gasteiger partial charge in [0.2, 0.25) is 10.0 Å². The molecular formula is C13H22N2O3S2. The molecule has 114 valence electrons. The van der Waals surface area contributed by atoms with Crippen molar-refractivity contribution < 1.29 is 13.5 Å². The smallest absolute Gasteiger partial charge is 0.242 e. The predicted molar refractivity (Wildman–Crippen MR) is 81.4 cm³/mol. The average molecular weight is 318 g/mol. The Morgan fingerprint density at radius 3 is 2.80 bits per heavy atom. The van der Waals surface area contributed by atoms with Gasteiger partial charge in [-0.05, 0) is 38.5 Å². The van der Waals surface area contributed by atoms with Crippen molar-refractivity contribution in [2.45, 2.75) is 50.3 Å². The van der Waals surface area contributed by atoms with Gasteiger partial charge in [-0.3, -0.25) is 0 Å². The van der Waals surface area contributed by atoms with Crippen molar-refractivity contribution in [3.63, 3.8) is 0 Å². The van der Waals surface area contributed by atoms with Gasteiger partial charge in [-0.15, -0.1) is 0 Å². The van der Waals surface area contributed by atoms with E-state index in [1.165, 1.54) is 0 Å². The summed E-state index contributed by atoms with van der Waals surface area (Å²) in [5.41, 5.74) is 0.624. The Kier molecular flexibility index (Phi) is 5.17. The van der Waals surface area contributed by atoms with Crippen LogP contribution in [0.2, 0.25) is 0 Å². The quantitative estimate of drug-likeness (QED) is 0.867. The molecule has 2 heterocycles. The zero-order valence-electron chi connectivity index (χ0n) is 11.9. The van der Waals surface area contributed by atoms with E-state index < -0.39 is 10.0 Å². The monoisotopic (exact) mass is 318 g/mol. The van der Waals surface area contributed by atoms with Gasteiger partial charge < -0.3 is 9.67 Å². The molecule has 2 N–H and O–H groups in total. The van der Waals surface area contributed by atoms with Crippen molar-refractivity contribution in [1.29, 1.82) is 0 Å². The summed E-state index contributed by atoms with van der Waals surface area (Å²) in [5, 5.41) is 9.33. The number of hydrogen-bond donors (Lipinski definition) is 2. The first-order valence-electron chi connectivity index (χ1n) is 6.85. The number of nitrogens with zero attached hydrogens (tertiary/aromatic N) is 1. The highest BCUT2D eigenvalue weighted by Gasteiger charge is 2.24. The SMILES string of the molecule is CC(C)n1cc(S(=O)(=O)NC2CCCSC2)cc1CO. The molecule has 2 rings (SSSR count). The molecule has 1 unspecified atom stereocenters. The van der Waals surface area contributed by atoms with Crippen molar-refractivity contribution in [3.8, 4) is 0 Å². The van der Waals surface area contributed by atoms with Crippen LogP contribution in [0.5, 0.6) is 0 Å². The highest BCUT2D eigenvalue weighted by molar-refractivity contribution is 7.99. The summed E-state index contributed by atoms with van der Waals surface area (Å²) in [7, 11) is -3.50. The molecule has 0 bridgehead atoms. The summed E-state index contributed by atoms with van der Waals surface area (Å²) in [6.07, 6.45) is 3.55. The van der Waals surface area contributed by atoms with E-state index in [0.29, 0.717) is 5.69 Å². The maximum atomic E-state index is 12.4. The van der Waals surface area contributed by atoms with Crippen molar-refractivity contribution >= 4 is 21.8 Å². The third-order valence-electron chi connectivity index (χ3n) is 3.42. The van der Waals surface area contributed by atoms with Gasteiger partial charge in [-0.25, -0.2) is 13.1 Å². The first kappa shape index (κ1) is 15.9. The molecule has 1 atom stereocenters. The molecule has 7 heteroatoms. The molecule has 20 heavy (non-hydrogen) atoms. The molecule has 1 aliphatic heterocycles. The molecule has 1 aromatic rings. The normalized spacial score (nSPS) is 20.5. The fraction of sp³-hybridized carbons (Fsp3) is 0.692. The van der Waals surface area contributed by atoms with Crippen LogP contribution in [-0.4, -0.2) is 35.6 Å². The molecule has 1 aliphatic rings. The van der Waals surface area contributed by atoms with Crippen LogP contribution in [-0.2, 0) is 16.6 Å². The molecule has 0 radical (unpaired) electrons. The third kappa shape index (κ3) is 3.58. The Balaban J connectivity index is 2.20. The second kappa shape index (κ2) is 6.51. The van der Waals surface area contributed by atoms with Crippen LogP contribution in [0, 0.1) is 0 Å². The minimum absolute atomic E-state index is 0.0127. The van der Waals surface area contributed by atoms with E-state index in [1.54, 1.807) is 28.6 Å². The number of aromatic nitrogens is 1. The Labute approximate surface area is 124 Å². The average Bonchev–Trinajstić information content (AvgIpc) is 2.84. The molecule has 0 aromatic carbocycles. The summed E-state index contributed by atoms with van der Waals surface area (Å²) in [6, 6.07) is 1.68. The molecule has 0 aliphatic carbocycles. The number of rotatable bonds is 5. The maximum Gasteiger partial charge on any atom is 0.242 e. The Morgan fingerprint density at radius 1 is 1.55 bits per heavy atom. The van der Waals surface area contributed by atoms with E-state index in [0.717, 1.165) is 24.3 Å². The van der Waals surface area contributed by atoms with E-state index >= 15 is 0 Å². The highest BCUT2D eigenvalue weighted by atomic mass is 32.2. The van der Waals surface area contributed by atoms with Crippen molar-refractivity contribution in [3.05, 3.63) is 18.0 Å². The van der Waals surface area contributed by atoms with Crippen LogP contribution in [0.1, 0.15) is 38.4 Å². The molecule has 0 spiro atoms. The molecule has 0 saturated carbocycles. The topological polar surface area (TPSA) is 71.3 Å². The summed E-state index contributed by atoms with van der Waals surface area (Å²) < 4.78 is 29.3. The second-order valence-corrected chi connectivity index (χ2v) is 8.23. The van der Waals surface area contributed by atoms with E-state index in [-0.39, 0.29) is 23.6 Å². The number of hydrogen-bond acceptors (Lipinski definition) is 4. The lowest BCUT2D eigenvalue weighted by atomic mass is 10.2. The van der Waals surface area contributed by atoms with Crippen LogP contribution in [0.4, 0.5) is 0 Å². The molecule has 0 amide bonds. The molecule has 1 saturated heterocycles. The fourth-order valence-corrected chi connectivity index (χ4v) is 4.87. The minimum atomic E-state index is -3.50. The minimum Gasteiger partial charge on any atom is -0.390 e. The summed E-state index contributed by atoms with van der Waals surface area (Å²) in [5.74, 6) is 1.94. The van der Waals surface area contributed by atoms with Gasteiger partial charge in [0.25, 0.3) is 0 Å². The zero-order chi connectivity index (χ0) is 14.8. The van der Waals surface area contributed by atoms with Crippen LogP contribution < -0.4 is 4.72 Å². The third-order valence-corrected chi connectivity index (χ3v) is 6.12. The van der Waals surface area contributed by atoms with Crippen molar-refractivity contribution in [1.82, 2.24) is 9.29 Å². The highest BCUT2D eigenvalue weighted by Crippen LogP contribution is 2.22. The van der Waals surface area contributed by atoms with Crippen LogP contribution in [0.3, 0.4) is 0 Å². The van der Waals surface area contributed by atoms with Gasteiger partial charge in [-0.1, -0.05) is 0 Å². The van der Waals surface area contributed by atoms with E-state index in [9.17, 15) is 13.5 Å². The Hall–Kier alpha value is -0.500. The van der Waals surface area contributed by atoms with E-state index in [2.05, 4.69) is 4.72 Å². The molecular weight excluding hydrogens is 296 g/mol. The lowest BCUT2D eigenvalue weighted by Crippen LogP contribution is -2.38. The molecule has 1 aromatic heterocycles. The van der Waals surface area contributed by atoms with Gasteiger partial charge in [0, 0.05) is 29.7 Å². The maximum absolute atomic E-state index is 12.4. The first-order chi connectivity index (χ1) is 9.44. The number of aliphatic hydroxyl groups excluding tert-OH is 1. The number of nitrogens with one attached hydrogen (secondary N) is 1. The Bertz CT molecular complexity index is 546. The number of sulfonamides is 1. The van der Waals surface area contributed by atoms with Gasteiger partial charge in [0.05, 0.1) is 11.5 Å². The Morgan fingerprint density at radius 2 is 2.30 bits per heavy atom. The fourth-order valence-electron chi connectivity index (χ4n) is 2.37. The van der Waals surface area contributed by atoms with E-state index in [4.69, 9.17) is 0 Å². The van der Waals surface area contributed by atoms with Crippen LogP contribution >= 0.6 is 11.8 Å². The number of thioether (sulfide) groups is 1. The lowest BCUT2D eigenvalue weighted by Gasteiger charge is -2.21. The van der Waals surface area contributed by atoms with Gasteiger partial charge in [0.1, 0.15) is 0 Å². The zero-order valence-corrected chi connectivity index (χ0v) is 13.5. The predicted octanol–water partition coefficient (Wildman–Crippen LogP) is 1.74. The largest absolute Gasteiger partial charge is 0.390 e. The summed E-state index contributed by atoms with van der Waals surface area (Å²) >= 11 is 1.78. The summed E-state index contributed by atoms with van der Waals surface area (Å²) in [6.45, 7) is 3.76. The second-order valence-electron chi connectivity index (χ2n) is 5.36. The lowest BCUT2D eigenvalue weighted by molar-refractivity contribution is 0.268. The van der Waals surface area contributed by atoms with E-state index in [1.807, 2.05) is 13.8 Å². The molecule has 1 fully saturated rings. The van der Waals surface area contributed by atoms with Crippen LogP contribution in [0.15, 0.2) is 17.2 Å². The number of aliphatic hydroxyl groups is 1. The van der Waals surface area contributed by atoms with Crippen molar-refractivity contribution in [2.75, 3.05) is 11.5 Å². The standard InChI is InChI=1S/C13H22N2O3S2/c1-10(2)15-7-13(6-12(15)8-16)20(17,18)14-11-4-3-5-19-9-11/h6-7,10-11,14,16H,3-5,8-9H2,1-2H3. The van der Waals surface area contributed by atoms with Gasteiger partial charge in [-0.2, -0.15) is 11.8 Å². The molecule has 5 nitrogen and oxygen atoms in total. The first-order valence-corrected chi connectivity index (χ1v) is 9.49. The van der Waals surface area contributed by atoms with Gasteiger partial charge >= 0.3 is 0 Å². The van der Waals surface area contributed by atoms with Crippen molar-refractivity contribution in [2.24, 2.45) is 0 Å². The summed E-state index contributed by atoms with van der Waals surface area (Å²) in [4.78, 5) is 0.242.